The van der Waals surface area contributed by atoms with E-state index in [1.54, 1.807) is 0 Å². The van der Waals surface area contributed by atoms with E-state index in [-0.39, 0.29) is 0 Å². The molecule has 0 aliphatic carbocycles. The van der Waals surface area contributed by atoms with Gasteiger partial charge in [0.25, 0.3) is 0 Å². The molecule has 0 aromatic rings. The molecule has 3 unspecified atom stereocenters. The van der Waals surface area contributed by atoms with Crippen molar-refractivity contribution in [2.75, 3.05) is 6.61 Å². The SMILES string of the molecule is CC1C[C@@H]2NC1CC2CO. The van der Waals surface area contributed by atoms with E-state index < -0.39 is 0 Å². The van der Waals surface area contributed by atoms with Crippen LogP contribution in [0.15, 0.2) is 0 Å². The second-order valence-electron chi connectivity index (χ2n) is 3.77. The van der Waals surface area contributed by atoms with Crippen molar-refractivity contribution in [3.05, 3.63) is 0 Å². The Hall–Kier alpha value is -0.0800. The van der Waals surface area contributed by atoms with Gasteiger partial charge in [0, 0.05) is 18.7 Å². The zero-order valence-corrected chi connectivity index (χ0v) is 6.38. The van der Waals surface area contributed by atoms with E-state index in [2.05, 4.69) is 12.2 Å². The molecular formula is C8H15NO. The first kappa shape index (κ1) is 6.62. The van der Waals surface area contributed by atoms with Crippen molar-refractivity contribution in [2.24, 2.45) is 11.8 Å². The van der Waals surface area contributed by atoms with Gasteiger partial charge >= 0.3 is 0 Å². The lowest BCUT2D eigenvalue weighted by Crippen LogP contribution is -2.25. The van der Waals surface area contributed by atoms with Crippen molar-refractivity contribution in [2.45, 2.75) is 31.8 Å². The second kappa shape index (κ2) is 2.21. The molecule has 0 aromatic heterocycles. The highest BCUT2D eigenvalue weighted by Gasteiger charge is 2.42. The summed E-state index contributed by atoms with van der Waals surface area (Å²) in [4.78, 5) is 0. The quantitative estimate of drug-likeness (QED) is 0.553. The zero-order chi connectivity index (χ0) is 7.14. The van der Waals surface area contributed by atoms with Crippen LogP contribution in [0.2, 0.25) is 0 Å². The number of hydrogen-bond acceptors (Lipinski definition) is 2. The van der Waals surface area contributed by atoms with Gasteiger partial charge in [-0.3, -0.25) is 0 Å². The van der Waals surface area contributed by atoms with Crippen LogP contribution in [-0.4, -0.2) is 23.8 Å². The molecule has 2 heterocycles. The minimum Gasteiger partial charge on any atom is -0.396 e. The molecule has 58 valence electrons. The molecule has 2 fully saturated rings. The molecule has 0 spiro atoms. The minimum absolute atomic E-state index is 0.376. The lowest BCUT2D eigenvalue weighted by Gasteiger charge is -2.21. The Morgan fingerprint density at radius 3 is 2.60 bits per heavy atom. The Balaban J connectivity index is 2.02. The monoisotopic (exact) mass is 141 g/mol. The van der Waals surface area contributed by atoms with E-state index >= 15 is 0 Å². The van der Waals surface area contributed by atoms with Crippen LogP contribution in [0.4, 0.5) is 0 Å². The number of rotatable bonds is 1. The molecule has 2 aliphatic rings. The first-order valence-electron chi connectivity index (χ1n) is 4.18. The second-order valence-corrected chi connectivity index (χ2v) is 3.77. The Morgan fingerprint density at radius 2 is 2.20 bits per heavy atom. The van der Waals surface area contributed by atoms with Gasteiger partial charge in [0.15, 0.2) is 0 Å². The van der Waals surface area contributed by atoms with Crippen molar-refractivity contribution >= 4 is 0 Å². The van der Waals surface area contributed by atoms with Crippen LogP contribution in [-0.2, 0) is 0 Å². The molecule has 2 N–H and O–H groups in total. The molecule has 0 amide bonds. The number of nitrogens with one attached hydrogen (secondary N) is 1. The third-order valence-corrected chi connectivity index (χ3v) is 3.10. The van der Waals surface area contributed by atoms with Gasteiger partial charge < -0.3 is 10.4 Å². The molecule has 2 bridgehead atoms. The molecule has 2 saturated heterocycles. The maximum atomic E-state index is 8.93. The Kier molecular flexibility index (Phi) is 1.46. The fraction of sp³-hybridized carbons (Fsp3) is 1.00. The number of fused-ring (bicyclic) bond motifs is 2. The molecular weight excluding hydrogens is 126 g/mol. The van der Waals surface area contributed by atoms with Crippen LogP contribution in [0.25, 0.3) is 0 Å². The van der Waals surface area contributed by atoms with E-state index in [4.69, 9.17) is 5.11 Å². The summed E-state index contributed by atoms with van der Waals surface area (Å²) in [6, 6.07) is 1.34. The largest absolute Gasteiger partial charge is 0.396 e. The molecule has 2 aliphatic heterocycles. The average molecular weight is 141 g/mol. The predicted molar refractivity (Wildman–Crippen MR) is 39.7 cm³/mol. The van der Waals surface area contributed by atoms with Gasteiger partial charge in [-0.2, -0.15) is 0 Å². The van der Waals surface area contributed by atoms with Crippen molar-refractivity contribution in [3.63, 3.8) is 0 Å². The summed E-state index contributed by atoms with van der Waals surface area (Å²) in [7, 11) is 0. The zero-order valence-electron chi connectivity index (χ0n) is 6.38. The lowest BCUT2D eigenvalue weighted by molar-refractivity contribution is 0.192. The van der Waals surface area contributed by atoms with Gasteiger partial charge in [-0.05, 0) is 24.7 Å². The van der Waals surface area contributed by atoms with Crippen LogP contribution >= 0.6 is 0 Å². The summed E-state index contributed by atoms with van der Waals surface area (Å²) >= 11 is 0. The summed E-state index contributed by atoms with van der Waals surface area (Å²) < 4.78 is 0. The highest BCUT2D eigenvalue weighted by molar-refractivity contribution is 5.00. The van der Waals surface area contributed by atoms with E-state index in [0.29, 0.717) is 24.6 Å². The first-order chi connectivity index (χ1) is 4.81. The minimum atomic E-state index is 0.376. The lowest BCUT2D eigenvalue weighted by atomic mass is 9.84. The molecule has 0 saturated carbocycles. The van der Waals surface area contributed by atoms with Gasteiger partial charge in [-0.1, -0.05) is 6.92 Å². The topological polar surface area (TPSA) is 32.3 Å². The van der Waals surface area contributed by atoms with E-state index in [9.17, 15) is 0 Å². The van der Waals surface area contributed by atoms with Crippen LogP contribution in [0, 0.1) is 11.8 Å². The fourth-order valence-electron chi connectivity index (χ4n) is 2.39. The van der Waals surface area contributed by atoms with Gasteiger partial charge in [-0.25, -0.2) is 0 Å². The summed E-state index contributed by atoms with van der Waals surface area (Å²) in [6.07, 6.45) is 2.47. The maximum absolute atomic E-state index is 8.93. The van der Waals surface area contributed by atoms with Gasteiger partial charge in [0.1, 0.15) is 0 Å². The normalized spacial score (nSPS) is 52.2. The summed E-state index contributed by atoms with van der Waals surface area (Å²) in [5.41, 5.74) is 0. The standard InChI is InChI=1S/C8H15NO/c1-5-2-8-6(4-10)3-7(5)9-8/h5-10H,2-4H2,1H3/t5?,6?,7?,8-/m0/s1. The van der Waals surface area contributed by atoms with Crippen molar-refractivity contribution in [3.8, 4) is 0 Å². The third-order valence-electron chi connectivity index (χ3n) is 3.10. The Morgan fingerprint density at radius 1 is 1.40 bits per heavy atom. The Bertz CT molecular complexity index is 135. The highest BCUT2D eigenvalue weighted by Crippen LogP contribution is 2.36. The number of aliphatic hydroxyl groups excluding tert-OH is 1. The van der Waals surface area contributed by atoms with Gasteiger partial charge in [-0.15, -0.1) is 0 Å². The van der Waals surface area contributed by atoms with E-state index in [1.807, 2.05) is 0 Å². The number of hydrogen-bond donors (Lipinski definition) is 2. The van der Waals surface area contributed by atoms with Crippen LogP contribution in [0.1, 0.15) is 19.8 Å². The fourth-order valence-corrected chi connectivity index (χ4v) is 2.39. The average Bonchev–Trinajstić information content (AvgIpc) is 2.44. The summed E-state index contributed by atoms with van der Waals surface area (Å²) in [5, 5.41) is 12.5. The Labute approximate surface area is 61.6 Å². The molecule has 2 nitrogen and oxygen atoms in total. The first-order valence-corrected chi connectivity index (χ1v) is 4.18. The molecule has 4 atom stereocenters. The molecule has 0 aromatic carbocycles. The molecule has 10 heavy (non-hydrogen) atoms. The van der Waals surface area contributed by atoms with E-state index in [0.717, 1.165) is 5.92 Å². The molecule has 2 heteroatoms. The maximum Gasteiger partial charge on any atom is 0.0474 e. The van der Waals surface area contributed by atoms with Crippen molar-refractivity contribution < 1.29 is 5.11 Å². The third kappa shape index (κ3) is 0.789. The molecule has 2 rings (SSSR count). The highest BCUT2D eigenvalue weighted by atomic mass is 16.3. The van der Waals surface area contributed by atoms with Gasteiger partial charge in [0.05, 0.1) is 0 Å². The van der Waals surface area contributed by atoms with E-state index in [1.165, 1.54) is 12.8 Å². The van der Waals surface area contributed by atoms with Crippen LogP contribution in [0.5, 0.6) is 0 Å². The smallest absolute Gasteiger partial charge is 0.0474 e. The van der Waals surface area contributed by atoms with Crippen LogP contribution < -0.4 is 5.32 Å². The van der Waals surface area contributed by atoms with Gasteiger partial charge in [0.2, 0.25) is 0 Å². The predicted octanol–water partition coefficient (Wildman–Crippen LogP) is 0.365. The summed E-state index contributed by atoms with van der Waals surface area (Å²) in [5.74, 6) is 1.40. The van der Waals surface area contributed by atoms with Crippen LogP contribution in [0.3, 0.4) is 0 Å². The molecule has 0 radical (unpaired) electrons. The summed E-state index contributed by atoms with van der Waals surface area (Å²) in [6.45, 7) is 2.67. The number of aliphatic hydroxyl groups is 1. The van der Waals surface area contributed by atoms with Crippen molar-refractivity contribution in [1.29, 1.82) is 0 Å². The van der Waals surface area contributed by atoms with Crippen molar-refractivity contribution in [1.82, 2.24) is 5.32 Å².